The maximum absolute atomic E-state index is 6.94. The first-order valence-corrected chi connectivity index (χ1v) is 24.3. The molecule has 0 radical (unpaired) electrons. The van der Waals surface area contributed by atoms with Crippen molar-refractivity contribution < 1.29 is 14.2 Å². The van der Waals surface area contributed by atoms with E-state index >= 15 is 0 Å². The minimum atomic E-state index is -2.10. The molecule has 0 N–H and O–H groups in total. The summed E-state index contributed by atoms with van der Waals surface area (Å²) in [6, 6.07) is 62.9. The van der Waals surface area contributed by atoms with E-state index in [0.29, 0.717) is 0 Å². The van der Waals surface area contributed by atoms with Crippen LogP contribution in [0.2, 0.25) is 13.1 Å². The first kappa shape index (κ1) is 37.2. The molecule has 0 bridgehead atoms. The Labute approximate surface area is 359 Å². The summed E-state index contributed by atoms with van der Waals surface area (Å²) in [6.45, 7) is 14.0. The number of rotatable bonds is 5. The molecule has 0 aromatic heterocycles. The van der Waals surface area contributed by atoms with Gasteiger partial charge in [0.25, 0.3) is 0 Å². The van der Waals surface area contributed by atoms with Crippen LogP contribution in [-0.2, 0) is 10.8 Å². The summed E-state index contributed by atoms with van der Waals surface area (Å²) < 4.78 is 20.3. The number of fused-ring (bicyclic) bond motifs is 6. The van der Waals surface area contributed by atoms with Crippen molar-refractivity contribution in [2.45, 2.75) is 51.6 Å². The van der Waals surface area contributed by atoms with Gasteiger partial charge in [-0.2, -0.15) is 0 Å². The zero-order valence-corrected chi connectivity index (χ0v) is 36.4. The third-order valence-corrected chi connectivity index (χ3v) is 17.0. The zero-order chi connectivity index (χ0) is 41.7. The Hall–Kier alpha value is -6.82. The van der Waals surface area contributed by atoms with Crippen LogP contribution in [0.5, 0.6) is 34.5 Å². The van der Waals surface area contributed by atoms with Crippen molar-refractivity contribution >= 4 is 35.5 Å². The molecule has 3 aliphatic rings. The van der Waals surface area contributed by atoms with Crippen LogP contribution in [0.3, 0.4) is 0 Å². The van der Waals surface area contributed by atoms with Gasteiger partial charge >= 0.3 is 0 Å². The van der Waals surface area contributed by atoms with E-state index in [-0.39, 0.29) is 10.8 Å². The maximum Gasteiger partial charge on any atom is 0.151 e. The van der Waals surface area contributed by atoms with Gasteiger partial charge in [0.05, 0.1) is 5.69 Å². The van der Waals surface area contributed by atoms with Crippen LogP contribution in [0.25, 0.3) is 22.3 Å². The molecule has 0 aliphatic carbocycles. The average molecular weight is 810 g/mol. The van der Waals surface area contributed by atoms with Gasteiger partial charge in [0.1, 0.15) is 36.8 Å². The molecule has 0 amide bonds. The van der Waals surface area contributed by atoms with Crippen molar-refractivity contribution in [3.63, 3.8) is 0 Å². The number of ether oxygens (including phenoxy) is 3. The third kappa shape index (κ3) is 5.71. The fourth-order valence-corrected chi connectivity index (χ4v) is 12.8. The van der Waals surface area contributed by atoms with Crippen molar-refractivity contribution in [2.24, 2.45) is 0 Å². The molecule has 0 spiro atoms. The van der Waals surface area contributed by atoms with Crippen molar-refractivity contribution in [3.8, 4) is 56.8 Å². The summed E-state index contributed by atoms with van der Waals surface area (Å²) in [6.07, 6.45) is 0. The predicted octanol–water partition coefficient (Wildman–Crippen LogP) is 14.3. The molecule has 0 atom stereocenters. The highest BCUT2D eigenvalue weighted by atomic mass is 28.3. The number of anilines is 3. The lowest BCUT2D eigenvalue weighted by Gasteiger charge is -2.36. The highest BCUT2D eigenvalue weighted by molar-refractivity contribution is 7.01. The van der Waals surface area contributed by atoms with E-state index in [1.54, 1.807) is 0 Å². The van der Waals surface area contributed by atoms with E-state index in [9.17, 15) is 0 Å². The molecule has 0 saturated heterocycles. The first-order chi connectivity index (χ1) is 29.5. The highest BCUT2D eigenvalue weighted by Crippen LogP contribution is 2.53. The lowest BCUT2D eigenvalue weighted by atomic mass is 9.75. The number of hydrogen-bond acceptors (Lipinski definition) is 4. The fourth-order valence-electron chi connectivity index (χ4n) is 10.0. The van der Waals surface area contributed by atoms with Crippen LogP contribution >= 0.6 is 0 Å². The maximum atomic E-state index is 6.94. The summed E-state index contributed by atoms with van der Waals surface area (Å²) >= 11 is 0. The first-order valence-electron chi connectivity index (χ1n) is 21.3. The van der Waals surface area contributed by atoms with Gasteiger partial charge in [-0.3, -0.25) is 0 Å². The van der Waals surface area contributed by atoms with Gasteiger partial charge < -0.3 is 19.1 Å². The summed E-state index contributed by atoms with van der Waals surface area (Å²) in [5.74, 6) is 5.53. The smallest absolute Gasteiger partial charge is 0.151 e. The Kier molecular flexibility index (Phi) is 8.29. The van der Waals surface area contributed by atoms with E-state index in [2.05, 4.69) is 209 Å². The molecular weight excluding hydrogens is 763 g/mol. The Morgan fingerprint density at radius 2 is 0.787 bits per heavy atom. The van der Waals surface area contributed by atoms with Gasteiger partial charge in [-0.15, -0.1) is 0 Å². The fraction of sp³-hybridized carbons (Fsp3) is 0.143. The van der Waals surface area contributed by atoms with Gasteiger partial charge in [0.2, 0.25) is 0 Å². The van der Waals surface area contributed by atoms with E-state index in [4.69, 9.17) is 14.2 Å². The molecule has 8 aromatic carbocycles. The normalized spacial score (nSPS) is 15.5. The average Bonchev–Trinajstić information content (AvgIpc) is 3.27. The SMILES string of the molecule is CC1(C)c2ccccc2Oc2c(-c3ccc(N(c4ccc(-c5cccc6c5Oc5ccccc5C6(C)C)cc4)c4cccc5c4Oc4ccccc4[Si]5(C)C)cc3)cccc21. The van der Waals surface area contributed by atoms with Crippen molar-refractivity contribution in [1.29, 1.82) is 0 Å². The van der Waals surface area contributed by atoms with Gasteiger partial charge in [-0.05, 0) is 70.0 Å². The summed E-state index contributed by atoms with van der Waals surface area (Å²) in [4.78, 5) is 2.34. The quantitative estimate of drug-likeness (QED) is 0.162. The molecule has 0 saturated carbocycles. The van der Waals surface area contributed by atoms with E-state index in [1.165, 1.54) is 32.6 Å². The molecule has 3 heterocycles. The Morgan fingerprint density at radius 1 is 0.377 bits per heavy atom. The molecule has 61 heavy (non-hydrogen) atoms. The minimum absolute atomic E-state index is 0.197. The zero-order valence-electron chi connectivity index (χ0n) is 35.4. The Bertz CT molecular complexity index is 2880. The molecule has 0 unspecified atom stereocenters. The van der Waals surface area contributed by atoms with Crippen LogP contribution in [-0.4, -0.2) is 8.07 Å². The molecule has 3 aliphatic heterocycles. The van der Waals surface area contributed by atoms with Crippen LogP contribution in [0, 0.1) is 0 Å². The molecule has 5 heteroatoms. The van der Waals surface area contributed by atoms with Crippen molar-refractivity contribution in [2.75, 3.05) is 4.90 Å². The second kappa shape index (κ2) is 13.6. The van der Waals surface area contributed by atoms with Crippen LogP contribution in [0.1, 0.15) is 49.9 Å². The van der Waals surface area contributed by atoms with Gasteiger partial charge in [-0.1, -0.05) is 168 Å². The highest BCUT2D eigenvalue weighted by Gasteiger charge is 2.39. The van der Waals surface area contributed by atoms with E-state index in [1.807, 2.05) is 12.1 Å². The van der Waals surface area contributed by atoms with Crippen molar-refractivity contribution in [1.82, 2.24) is 0 Å². The van der Waals surface area contributed by atoms with Gasteiger partial charge in [-0.25, -0.2) is 0 Å². The Balaban J connectivity index is 1.03. The number of benzene rings is 8. The molecule has 0 fully saturated rings. The second-order valence-electron chi connectivity index (χ2n) is 18.1. The van der Waals surface area contributed by atoms with Crippen LogP contribution < -0.4 is 29.5 Å². The van der Waals surface area contributed by atoms with Gasteiger partial charge in [0.15, 0.2) is 5.75 Å². The van der Waals surface area contributed by atoms with Crippen LogP contribution in [0.4, 0.5) is 17.1 Å². The summed E-state index contributed by atoms with van der Waals surface area (Å²) in [5.41, 5.74) is 11.8. The minimum Gasteiger partial charge on any atom is -0.456 e. The summed E-state index contributed by atoms with van der Waals surface area (Å²) in [7, 11) is -2.10. The van der Waals surface area contributed by atoms with Gasteiger partial charge in [0, 0.05) is 55.6 Å². The predicted molar refractivity (Wildman–Crippen MR) is 253 cm³/mol. The molecule has 298 valence electrons. The van der Waals surface area contributed by atoms with E-state index in [0.717, 1.165) is 73.8 Å². The topological polar surface area (TPSA) is 30.9 Å². The molecular formula is C56H47NO3Si. The number of hydrogen-bond donors (Lipinski definition) is 0. The molecule has 4 nitrogen and oxygen atoms in total. The monoisotopic (exact) mass is 809 g/mol. The second-order valence-corrected chi connectivity index (χ2v) is 22.4. The lowest BCUT2D eigenvalue weighted by Crippen LogP contribution is -2.56. The Morgan fingerprint density at radius 3 is 1.31 bits per heavy atom. The lowest BCUT2D eigenvalue weighted by molar-refractivity contribution is 0.419. The summed E-state index contributed by atoms with van der Waals surface area (Å²) in [5, 5.41) is 2.60. The largest absolute Gasteiger partial charge is 0.456 e. The van der Waals surface area contributed by atoms with Crippen LogP contribution in [0.15, 0.2) is 176 Å². The standard InChI is InChI=1S/C56H47NO3Si/c1-55(2)42-18-7-9-23-47(42)58-52-40(16-13-20-44(52)55)36-28-32-38(33-29-36)57(46-22-15-27-51-54(46)60-49-25-11-12-26-50(49)61(51,5)6)39-34-30-37(31-35-39)41-17-14-21-45-53(41)59-48-24-10-8-19-43(48)56(45,3)4/h7-35H,1-6H3. The van der Waals surface area contributed by atoms with E-state index < -0.39 is 8.07 Å². The van der Waals surface area contributed by atoms with Crippen molar-refractivity contribution in [3.05, 3.63) is 198 Å². The molecule has 8 aromatic rings. The molecule has 11 rings (SSSR count). The third-order valence-electron chi connectivity index (χ3n) is 13.5. The number of para-hydroxylation sites is 6. The number of nitrogens with zero attached hydrogens (tertiary/aromatic N) is 1.